The lowest BCUT2D eigenvalue weighted by Crippen LogP contribution is -2.50. The molecular weight excluding hydrogens is 276 g/mol. The topological polar surface area (TPSA) is 105 Å². The summed E-state index contributed by atoms with van der Waals surface area (Å²) in [6.07, 6.45) is 0.373. The Morgan fingerprint density at radius 2 is 1.76 bits per heavy atom. The van der Waals surface area contributed by atoms with Crippen molar-refractivity contribution in [1.29, 1.82) is 0 Å². The summed E-state index contributed by atoms with van der Waals surface area (Å²) in [5, 5.41) is 13.7. The van der Waals surface area contributed by atoms with Crippen LogP contribution in [0.3, 0.4) is 0 Å². The van der Waals surface area contributed by atoms with Crippen LogP contribution in [0.4, 0.5) is 0 Å². The van der Waals surface area contributed by atoms with E-state index < -0.39 is 18.6 Å². The number of carboxylic acid groups (broad SMARTS) is 1. The number of aliphatic carboxylic acids is 1. The lowest BCUT2D eigenvalue weighted by atomic mass is 10.0. The zero-order valence-electron chi connectivity index (χ0n) is 13.1. The normalized spacial score (nSPS) is 12.3. The van der Waals surface area contributed by atoms with E-state index in [0.717, 1.165) is 0 Å². The van der Waals surface area contributed by atoms with Crippen molar-refractivity contribution in [2.75, 3.05) is 19.8 Å². The first-order valence-electron chi connectivity index (χ1n) is 7.10. The number of ether oxygens (including phenoxy) is 1. The molecule has 1 atom stereocenters. The summed E-state index contributed by atoms with van der Waals surface area (Å²) in [5.41, 5.74) is 0. The van der Waals surface area contributed by atoms with Gasteiger partial charge in [0.15, 0.2) is 0 Å². The quantitative estimate of drug-likeness (QED) is 0.506. The molecule has 0 aliphatic heterocycles. The summed E-state index contributed by atoms with van der Waals surface area (Å²) in [4.78, 5) is 34.0. The highest BCUT2D eigenvalue weighted by molar-refractivity contribution is 5.87. The van der Waals surface area contributed by atoms with Gasteiger partial charge in [-0.25, -0.2) is 4.79 Å². The summed E-state index contributed by atoms with van der Waals surface area (Å²) >= 11 is 0. The predicted molar refractivity (Wildman–Crippen MR) is 77.7 cm³/mol. The Hall–Kier alpha value is -1.63. The maximum atomic E-state index is 12.0. The van der Waals surface area contributed by atoms with Crippen LogP contribution in [-0.2, 0) is 19.1 Å². The van der Waals surface area contributed by atoms with Gasteiger partial charge in [0.2, 0.25) is 11.8 Å². The molecule has 3 N–H and O–H groups in total. The van der Waals surface area contributed by atoms with Crippen molar-refractivity contribution < 1.29 is 24.2 Å². The zero-order chi connectivity index (χ0) is 16.4. The molecule has 0 aliphatic carbocycles. The van der Waals surface area contributed by atoms with Crippen LogP contribution in [0.25, 0.3) is 0 Å². The maximum absolute atomic E-state index is 12.0. The third-order valence-electron chi connectivity index (χ3n) is 2.63. The fraction of sp³-hybridized carbons (Fsp3) is 0.786. The van der Waals surface area contributed by atoms with Gasteiger partial charge in [0, 0.05) is 13.0 Å². The number of hydrogen-bond acceptors (Lipinski definition) is 4. The summed E-state index contributed by atoms with van der Waals surface area (Å²) in [6, 6.07) is -0.601. The highest BCUT2D eigenvalue weighted by Crippen LogP contribution is 2.05. The summed E-state index contributed by atoms with van der Waals surface area (Å²) < 4.78 is 4.82. The van der Waals surface area contributed by atoms with Crippen molar-refractivity contribution in [3.63, 3.8) is 0 Å². The molecule has 0 aliphatic rings. The van der Waals surface area contributed by atoms with Crippen LogP contribution in [0.15, 0.2) is 0 Å². The molecule has 122 valence electrons. The van der Waals surface area contributed by atoms with E-state index in [1.807, 2.05) is 27.7 Å². The van der Waals surface area contributed by atoms with Crippen molar-refractivity contribution in [1.82, 2.24) is 10.6 Å². The lowest BCUT2D eigenvalue weighted by molar-refractivity contribution is -0.142. The molecule has 7 heteroatoms. The highest BCUT2D eigenvalue weighted by atomic mass is 16.5. The third kappa shape index (κ3) is 9.84. The van der Waals surface area contributed by atoms with Crippen LogP contribution in [0.1, 0.15) is 34.1 Å². The Balaban J connectivity index is 4.18. The van der Waals surface area contributed by atoms with E-state index in [1.54, 1.807) is 0 Å². The van der Waals surface area contributed by atoms with Crippen molar-refractivity contribution in [2.45, 2.75) is 40.2 Å². The molecule has 0 aromatic heterocycles. The number of carboxylic acids is 1. The van der Waals surface area contributed by atoms with E-state index in [-0.39, 0.29) is 36.8 Å². The van der Waals surface area contributed by atoms with Crippen LogP contribution in [0.5, 0.6) is 0 Å². The van der Waals surface area contributed by atoms with Gasteiger partial charge in [-0.3, -0.25) is 9.59 Å². The molecule has 0 spiro atoms. The van der Waals surface area contributed by atoms with Gasteiger partial charge in [-0.1, -0.05) is 27.7 Å². The average Bonchev–Trinajstić information content (AvgIpc) is 2.33. The minimum Gasteiger partial charge on any atom is -0.480 e. The van der Waals surface area contributed by atoms with E-state index in [0.29, 0.717) is 6.42 Å². The van der Waals surface area contributed by atoms with Gasteiger partial charge in [-0.15, -0.1) is 0 Å². The molecule has 0 saturated heterocycles. The van der Waals surface area contributed by atoms with Gasteiger partial charge in [-0.05, 0) is 11.8 Å². The molecule has 0 radical (unpaired) electrons. The maximum Gasteiger partial charge on any atom is 0.329 e. The van der Waals surface area contributed by atoms with E-state index in [2.05, 4.69) is 10.6 Å². The van der Waals surface area contributed by atoms with Crippen LogP contribution >= 0.6 is 0 Å². The van der Waals surface area contributed by atoms with Gasteiger partial charge < -0.3 is 20.5 Å². The second-order valence-electron chi connectivity index (χ2n) is 5.62. The largest absolute Gasteiger partial charge is 0.480 e. The number of amides is 2. The number of hydrogen-bond donors (Lipinski definition) is 3. The van der Waals surface area contributed by atoms with E-state index in [1.165, 1.54) is 0 Å². The molecule has 7 nitrogen and oxygen atoms in total. The molecular formula is C14H26N2O5. The minimum absolute atomic E-state index is 0.0407. The number of carbonyl (C=O) groups excluding carboxylic acids is 2. The zero-order valence-corrected chi connectivity index (χ0v) is 13.1. The highest BCUT2D eigenvalue weighted by Gasteiger charge is 2.23. The first kappa shape index (κ1) is 19.4. The van der Waals surface area contributed by atoms with Gasteiger partial charge >= 0.3 is 5.97 Å². The first-order valence-corrected chi connectivity index (χ1v) is 7.10. The minimum atomic E-state index is -1.05. The fourth-order valence-electron chi connectivity index (χ4n) is 1.65. The molecule has 0 aromatic carbocycles. The van der Waals surface area contributed by atoms with Crippen LogP contribution in [0, 0.1) is 11.8 Å². The molecule has 0 rings (SSSR count). The van der Waals surface area contributed by atoms with E-state index >= 15 is 0 Å². The molecule has 0 heterocycles. The smallest absolute Gasteiger partial charge is 0.329 e. The van der Waals surface area contributed by atoms with Crippen molar-refractivity contribution in [3.05, 3.63) is 0 Å². The lowest BCUT2D eigenvalue weighted by Gasteiger charge is -2.22. The van der Waals surface area contributed by atoms with Crippen molar-refractivity contribution in [3.8, 4) is 0 Å². The standard InChI is InChI=1S/C14H26N2O5/c1-9(2)7-11(17)16-13(10(3)4)14(20)15-5-6-21-8-12(18)19/h9-10,13H,5-8H2,1-4H3,(H,15,20)(H,16,17)(H,18,19). The van der Waals surface area contributed by atoms with Gasteiger partial charge in [-0.2, -0.15) is 0 Å². The number of rotatable bonds is 10. The van der Waals surface area contributed by atoms with Crippen LogP contribution < -0.4 is 10.6 Å². The van der Waals surface area contributed by atoms with Crippen LogP contribution in [0.2, 0.25) is 0 Å². The Morgan fingerprint density at radius 3 is 2.24 bits per heavy atom. The SMILES string of the molecule is CC(C)CC(=O)NC(C(=O)NCCOCC(=O)O)C(C)C. The van der Waals surface area contributed by atoms with E-state index in [9.17, 15) is 14.4 Å². The number of nitrogens with one attached hydrogen (secondary N) is 2. The van der Waals surface area contributed by atoms with E-state index in [4.69, 9.17) is 9.84 Å². The molecule has 2 amide bonds. The van der Waals surface area contributed by atoms with Gasteiger partial charge in [0.05, 0.1) is 6.61 Å². The number of carbonyl (C=O) groups is 3. The third-order valence-corrected chi connectivity index (χ3v) is 2.63. The first-order chi connectivity index (χ1) is 9.73. The molecule has 0 saturated carbocycles. The Kier molecular flexibility index (Phi) is 9.36. The second-order valence-corrected chi connectivity index (χ2v) is 5.62. The summed E-state index contributed by atoms with van der Waals surface area (Å²) in [6.45, 7) is 7.49. The average molecular weight is 302 g/mol. The monoisotopic (exact) mass is 302 g/mol. The second kappa shape index (κ2) is 10.1. The molecule has 21 heavy (non-hydrogen) atoms. The fourth-order valence-corrected chi connectivity index (χ4v) is 1.65. The molecule has 0 aromatic rings. The van der Waals surface area contributed by atoms with Gasteiger partial charge in [0.25, 0.3) is 0 Å². The molecule has 1 unspecified atom stereocenters. The molecule has 0 bridgehead atoms. The Morgan fingerprint density at radius 1 is 1.14 bits per heavy atom. The molecule has 0 fully saturated rings. The predicted octanol–water partition coefficient (Wildman–Crippen LogP) is 0.391. The van der Waals surface area contributed by atoms with Crippen molar-refractivity contribution >= 4 is 17.8 Å². The Bertz CT molecular complexity index is 355. The summed E-state index contributed by atoms with van der Waals surface area (Å²) in [7, 11) is 0. The van der Waals surface area contributed by atoms with Crippen molar-refractivity contribution in [2.24, 2.45) is 11.8 Å². The van der Waals surface area contributed by atoms with Crippen LogP contribution in [-0.4, -0.2) is 48.7 Å². The Labute approximate surface area is 125 Å². The summed E-state index contributed by atoms with van der Waals surface area (Å²) in [5.74, 6) is -1.31. The van der Waals surface area contributed by atoms with Gasteiger partial charge in [0.1, 0.15) is 12.6 Å².